The second kappa shape index (κ2) is 13.7. The van der Waals surface area contributed by atoms with E-state index in [0.29, 0.717) is 19.8 Å². The van der Waals surface area contributed by atoms with Crippen LogP contribution >= 0.6 is 0 Å². The van der Waals surface area contributed by atoms with E-state index in [1.165, 1.54) is 0 Å². The van der Waals surface area contributed by atoms with Crippen LogP contribution in [0.2, 0.25) is 0 Å². The highest BCUT2D eigenvalue weighted by atomic mass is 16.5. The summed E-state index contributed by atoms with van der Waals surface area (Å²) in [6.07, 6.45) is 11.9. The molecule has 38 heavy (non-hydrogen) atoms. The number of fused-ring (bicyclic) bond motifs is 1. The quantitative estimate of drug-likeness (QED) is 0.251. The summed E-state index contributed by atoms with van der Waals surface area (Å²) in [5.41, 5.74) is 3.67. The molecule has 0 bridgehead atoms. The zero-order chi connectivity index (χ0) is 26.7. The lowest BCUT2D eigenvalue weighted by Crippen LogP contribution is -2.37. The van der Waals surface area contributed by atoms with Crippen LogP contribution in [0.25, 0.3) is 11.2 Å². The monoisotopic (exact) mass is 515 g/mol. The van der Waals surface area contributed by atoms with Crippen molar-refractivity contribution in [2.75, 3.05) is 56.3 Å². The molecule has 0 spiro atoms. The standard InChI is InChI=1S/C30H37N5O3/c1-4-6-8-12-24(11-5-2)26-21-29-31-28(22-30(35(29)32-26)34-15-18-37-19-16-34)33(3)23-27(38-20-17-36)25-13-9-7-10-14-25/h5-14,17,21-22,27H,4,15-16,18-20,23H2,1-3H3/b8-6+,11-5-,24-12+. The maximum absolute atomic E-state index is 11.1. The predicted octanol–water partition coefficient (Wildman–Crippen LogP) is 4.88. The molecule has 8 heteroatoms. The lowest BCUT2D eigenvalue weighted by Gasteiger charge is -2.30. The first kappa shape index (κ1) is 27.3. The number of allylic oxidation sites excluding steroid dienone is 6. The second-order valence-electron chi connectivity index (χ2n) is 9.11. The zero-order valence-corrected chi connectivity index (χ0v) is 22.5. The Morgan fingerprint density at radius 3 is 2.71 bits per heavy atom. The Morgan fingerprint density at radius 1 is 1.21 bits per heavy atom. The SMILES string of the molecule is C\C=C/C(=C\C=C\CC)c1cc2nc(N(C)CC(OCC=O)c3ccccc3)cc(N3CCOCC3)n2n1. The Morgan fingerprint density at radius 2 is 2.00 bits per heavy atom. The first-order valence-corrected chi connectivity index (χ1v) is 13.2. The van der Waals surface area contributed by atoms with Crippen LogP contribution in [0.1, 0.15) is 37.6 Å². The molecule has 3 heterocycles. The van der Waals surface area contributed by atoms with Crippen LogP contribution < -0.4 is 9.80 Å². The van der Waals surface area contributed by atoms with Crippen molar-refractivity contribution < 1.29 is 14.3 Å². The van der Waals surface area contributed by atoms with Gasteiger partial charge in [0.05, 0.1) is 18.9 Å². The van der Waals surface area contributed by atoms with Gasteiger partial charge in [-0.1, -0.05) is 67.6 Å². The first-order chi connectivity index (χ1) is 18.6. The molecular weight excluding hydrogens is 478 g/mol. The van der Waals surface area contributed by atoms with E-state index in [0.717, 1.165) is 59.9 Å². The van der Waals surface area contributed by atoms with Crippen LogP contribution in [0.3, 0.4) is 0 Å². The smallest absolute Gasteiger partial charge is 0.160 e. The highest BCUT2D eigenvalue weighted by Gasteiger charge is 2.21. The van der Waals surface area contributed by atoms with Crippen molar-refractivity contribution in [3.63, 3.8) is 0 Å². The van der Waals surface area contributed by atoms with E-state index < -0.39 is 0 Å². The molecule has 0 amide bonds. The fraction of sp³-hybridized carbons (Fsp3) is 0.367. The number of aldehydes is 1. The van der Waals surface area contributed by atoms with Crippen molar-refractivity contribution >= 4 is 29.1 Å². The number of aromatic nitrogens is 3. The van der Waals surface area contributed by atoms with Crippen molar-refractivity contribution in [2.24, 2.45) is 0 Å². The highest BCUT2D eigenvalue weighted by molar-refractivity contribution is 5.75. The van der Waals surface area contributed by atoms with Gasteiger partial charge in [-0.2, -0.15) is 9.61 Å². The molecule has 1 unspecified atom stereocenters. The topological polar surface area (TPSA) is 72.2 Å². The molecule has 1 aliphatic heterocycles. The number of likely N-dealkylation sites (N-methyl/N-ethyl adjacent to an activating group) is 1. The van der Waals surface area contributed by atoms with Gasteiger partial charge in [-0.25, -0.2) is 4.98 Å². The van der Waals surface area contributed by atoms with Gasteiger partial charge in [0.25, 0.3) is 0 Å². The van der Waals surface area contributed by atoms with Crippen LogP contribution in [0, 0.1) is 0 Å². The van der Waals surface area contributed by atoms with Crippen LogP contribution in [-0.2, 0) is 14.3 Å². The molecule has 0 N–H and O–H groups in total. The molecule has 4 rings (SSSR count). The summed E-state index contributed by atoms with van der Waals surface area (Å²) in [7, 11) is 2.00. The van der Waals surface area contributed by atoms with Gasteiger partial charge in [0.15, 0.2) is 5.65 Å². The molecule has 1 aromatic carbocycles. The van der Waals surface area contributed by atoms with Crippen molar-refractivity contribution in [3.8, 4) is 0 Å². The third kappa shape index (κ3) is 6.76. The summed E-state index contributed by atoms with van der Waals surface area (Å²) >= 11 is 0. The van der Waals surface area contributed by atoms with Gasteiger partial charge in [0.1, 0.15) is 30.6 Å². The summed E-state index contributed by atoms with van der Waals surface area (Å²) in [6, 6.07) is 14.1. The molecule has 0 aliphatic carbocycles. The normalized spacial score (nSPS) is 15.6. The molecule has 3 aromatic rings. The highest BCUT2D eigenvalue weighted by Crippen LogP contribution is 2.28. The molecule has 0 radical (unpaired) electrons. The number of benzene rings is 1. The number of ether oxygens (including phenoxy) is 2. The lowest BCUT2D eigenvalue weighted by molar-refractivity contribution is -0.113. The van der Waals surface area contributed by atoms with E-state index in [2.05, 4.69) is 47.1 Å². The van der Waals surface area contributed by atoms with Crippen molar-refractivity contribution in [2.45, 2.75) is 26.4 Å². The molecule has 1 atom stereocenters. The molecule has 1 aliphatic rings. The average molecular weight is 516 g/mol. The third-order valence-corrected chi connectivity index (χ3v) is 6.39. The van der Waals surface area contributed by atoms with Gasteiger partial charge in [-0.3, -0.25) is 0 Å². The van der Waals surface area contributed by atoms with Gasteiger partial charge in [-0.15, -0.1) is 0 Å². The van der Waals surface area contributed by atoms with E-state index in [-0.39, 0.29) is 12.7 Å². The average Bonchev–Trinajstić information content (AvgIpc) is 3.39. The first-order valence-electron chi connectivity index (χ1n) is 13.2. The Bertz CT molecular complexity index is 1280. The molecule has 2 aromatic heterocycles. The maximum Gasteiger partial charge on any atom is 0.160 e. The van der Waals surface area contributed by atoms with Crippen molar-refractivity contribution in [3.05, 3.63) is 84.1 Å². The van der Waals surface area contributed by atoms with E-state index >= 15 is 0 Å². The van der Waals surface area contributed by atoms with Gasteiger partial charge in [-0.05, 0) is 18.9 Å². The number of rotatable bonds is 12. The van der Waals surface area contributed by atoms with Crippen molar-refractivity contribution in [1.82, 2.24) is 14.6 Å². The molecule has 1 saturated heterocycles. The summed E-state index contributed by atoms with van der Waals surface area (Å²) in [4.78, 5) is 20.4. The minimum Gasteiger partial charge on any atom is -0.378 e. The summed E-state index contributed by atoms with van der Waals surface area (Å²) < 4.78 is 13.4. The Labute approximate surface area is 224 Å². The second-order valence-corrected chi connectivity index (χ2v) is 9.11. The summed E-state index contributed by atoms with van der Waals surface area (Å²) in [6.45, 7) is 7.61. The summed E-state index contributed by atoms with van der Waals surface area (Å²) in [5, 5.41) is 4.97. The van der Waals surface area contributed by atoms with Gasteiger partial charge < -0.3 is 24.1 Å². The van der Waals surface area contributed by atoms with Crippen LogP contribution in [-0.4, -0.2) is 67.4 Å². The zero-order valence-electron chi connectivity index (χ0n) is 22.5. The van der Waals surface area contributed by atoms with Gasteiger partial charge in [0, 0.05) is 44.4 Å². The van der Waals surface area contributed by atoms with E-state index in [4.69, 9.17) is 19.6 Å². The Kier molecular flexibility index (Phi) is 9.84. The van der Waals surface area contributed by atoms with E-state index in [1.54, 1.807) is 0 Å². The number of anilines is 2. The predicted molar refractivity (Wildman–Crippen MR) is 153 cm³/mol. The number of morpholine rings is 1. The Hall–Kier alpha value is -3.75. The molecule has 8 nitrogen and oxygen atoms in total. The fourth-order valence-corrected chi connectivity index (χ4v) is 4.43. The van der Waals surface area contributed by atoms with E-state index in [9.17, 15) is 4.79 Å². The van der Waals surface area contributed by atoms with Gasteiger partial charge in [0.2, 0.25) is 0 Å². The number of nitrogens with zero attached hydrogens (tertiary/aromatic N) is 5. The largest absolute Gasteiger partial charge is 0.378 e. The fourth-order valence-electron chi connectivity index (χ4n) is 4.43. The van der Waals surface area contributed by atoms with Crippen LogP contribution in [0.15, 0.2) is 72.8 Å². The Balaban J connectivity index is 1.73. The minimum atomic E-state index is -0.272. The number of carbonyl (C=O) groups excluding carboxylic acids is 1. The summed E-state index contributed by atoms with van der Waals surface area (Å²) in [5.74, 6) is 1.78. The molecule has 1 fully saturated rings. The number of hydrogen-bond acceptors (Lipinski definition) is 7. The molecule has 0 saturated carbocycles. The van der Waals surface area contributed by atoms with E-state index in [1.807, 2.05) is 61.0 Å². The van der Waals surface area contributed by atoms with Crippen molar-refractivity contribution in [1.29, 1.82) is 0 Å². The maximum atomic E-state index is 11.1. The third-order valence-electron chi connectivity index (χ3n) is 6.39. The minimum absolute atomic E-state index is 0.0391. The van der Waals surface area contributed by atoms with Crippen LogP contribution in [0.5, 0.6) is 0 Å². The molecular formula is C30H37N5O3. The van der Waals surface area contributed by atoms with Crippen LogP contribution in [0.4, 0.5) is 11.6 Å². The number of carbonyl (C=O) groups is 1. The molecule has 200 valence electrons. The van der Waals surface area contributed by atoms with Gasteiger partial charge >= 0.3 is 0 Å². The lowest BCUT2D eigenvalue weighted by atomic mass is 10.1. The number of hydrogen-bond donors (Lipinski definition) is 0.